The van der Waals surface area contributed by atoms with Gasteiger partial charge in [0.1, 0.15) is 0 Å². The first kappa shape index (κ1) is 13.6. The van der Waals surface area contributed by atoms with Crippen LogP contribution in [0.3, 0.4) is 0 Å². The van der Waals surface area contributed by atoms with Gasteiger partial charge in [0, 0.05) is 13.1 Å². The largest absolute Gasteiger partial charge is 0.364 e. The molecule has 1 aliphatic rings. The standard InChI is InChI=1S/C16H25NO/c1-11(2)16(5)10-17-9-15(18-16)14-8-12(3)6-7-13(14)4/h6-8,11,15,17H,9-10H2,1-5H3. The molecule has 2 heteroatoms. The van der Waals surface area contributed by atoms with Crippen LogP contribution in [0, 0.1) is 19.8 Å². The maximum atomic E-state index is 6.39. The molecule has 0 aliphatic carbocycles. The number of ether oxygens (including phenoxy) is 1. The number of benzene rings is 1. The highest BCUT2D eigenvalue weighted by Crippen LogP contribution is 2.33. The minimum atomic E-state index is -0.0703. The zero-order chi connectivity index (χ0) is 13.3. The number of morpholine rings is 1. The third-order valence-electron chi connectivity index (χ3n) is 4.22. The third kappa shape index (κ3) is 2.60. The molecule has 1 saturated heterocycles. The Bertz CT molecular complexity index is 427. The van der Waals surface area contributed by atoms with Crippen molar-refractivity contribution >= 4 is 0 Å². The minimum Gasteiger partial charge on any atom is -0.364 e. The van der Waals surface area contributed by atoms with E-state index in [2.05, 4.69) is 58.1 Å². The van der Waals surface area contributed by atoms with Crippen LogP contribution in [0.2, 0.25) is 0 Å². The molecule has 1 aromatic rings. The summed E-state index contributed by atoms with van der Waals surface area (Å²) >= 11 is 0. The van der Waals surface area contributed by atoms with Crippen molar-refractivity contribution in [2.75, 3.05) is 13.1 Å². The lowest BCUT2D eigenvalue weighted by molar-refractivity contribution is -0.132. The molecule has 1 heterocycles. The fourth-order valence-corrected chi connectivity index (χ4v) is 2.48. The molecule has 1 N–H and O–H groups in total. The Morgan fingerprint density at radius 2 is 2.06 bits per heavy atom. The van der Waals surface area contributed by atoms with Crippen LogP contribution < -0.4 is 5.32 Å². The molecule has 0 spiro atoms. The third-order valence-corrected chi connectivity index (χ3v) is 4.22. The van der Waals surface area contributed by atoms with E-state index in [1.54, 1.807) is 0 Å². The van der Waals surface area contributed by atoms with Gasteiger partial charge in [-0.15, -0.1) is 0 Å². The summed E-state index contributed by atoms with van der Waals surface area (Å²) in [6.07, 6.45) is 0.172. The Hall–Kier alpha value is -0.860. The Labute approximate surface area is 111 Å². The maximum Gasteiger partial charge on any atom is 0.0960 e. The molecular formula is C16H25NO. The van der Waals surface area contributed by atoms with Gasteiger partial charge in [0.15, 0.2) is 0 Å². The van der Waals surface area contributed by atoms with Crippen LogP contribution in [0.15, 0.2) is 18.2 Å². The van der Waals surface area contributed by atoms with Gasteiger partial charge in [-0.2, -0.15) is 0 Å². The van der Waals surface area contributed by atoms with Crippen molar-refractivity contribution < 1.29 is 4.74 Å². The Kier molecular flexibility index (Phi) is 3.79. The van der Waals surface area contributed by atoms with E-state index in [9.17, 15) is 0 Å². The highest BCUT2D eigenvalue weighted by atomic mass is 16.5. The first-order valence-corrected chi connectivity index (χ1v) is 6.88. The van der Waals surface area contributed by atoms with E-state index in [0.717, 1.165) is 13.1 Å². The van der Waals surface area contributed by atoms with E-state index in [1.807, 2.05) is 0 Å². The predicted molar refractivity (Wildman–Crippen MR) is 75.9 cm³/mol. The smallest absolute Gasteiger partial charge is 0.0960 e. The van der Waals surface area contributed by atoms with Gasteiger partial charge in [-0.05, 0) is 37.8 Å². The Balaban J connectivity index is 2.26. The number of hydrogen-bond donors (Lipinski definition) is 1. The monoisotopic (exact) mass is 247 g/mol. The van der Waals surface area contributed by atoms with E-state index >= 15 is 0 Å². The second-order valence-corrected chi connectivity index (χ2v) is 6.06. The summed E-state index contributed by atoms with van der Waals surface area (Å²) in [5.74, 6) is 0.512. The molecule has 1 aliphatic heterocycles. The van der Waals surface area contributed by atoms with Crippen LogP contribution in [0.5, 0.6) is 0 Å². The number of rotatable bonds is 2. The Morgan fingerprint density at radius 1 is 1.33 bits per heavy atom. The molecule has 0 saturated carbocycles. The highest BCUT2D eigenvalue weighted by molar-refractivity contribution is 5.32. The molecular weight excluding hydrogens is 222 g/mol. The van der Waals surface area contributed by atoms with Gasteiger partial charge < -0.3 is 10.1 Å². The molecule has 2 nitrogen and oxygen atoms in total. The number of hydrogen-bond acceptors (Lipinski definition) is 2. The lowest BCUT2D eigenvalue weighted by Crippen LogP contribution is -2.52. The van der Waals surface area contributed by atoms with Crippen LogP contribution in [0.25, 0.3) is 0 Å². The van der Waals surface area contributed by atoms with Crippen molar-refractivity contribution in [3.8, 4) is 0 Å². The molecule has 1 aromatic carbocycles. The molecule has 100 valence electrons. The summed E-state index contributed by atoms with van der Waals surface area (Å²) in [6, 6.07) is 6.61. The van der Waals surface area contributed by atoms with Crippen LogP contribution in [-0.2, 0) is 4.74 Å². The first-order chi connectivity index (χ1) is 8.42. The summed E-state index contributed by atoms with van der Waals surface area (Å²) in [4.78, 5) is 0. The quantitative estimate of drug-likeness (QED) is 0.865. The molecule has 18 heavy (non-hydrogen) atoms. The lowest BCUT2D eigenvalue weighted by Gasteiger charge is -2.42. The molecule has 2 atom stereocenters. The zero-order valence-electron chi connectivity index (χ0n) is 12.2. The van der Waals surface area contributed by atoms with Gasteiger partial charge in [0.05, 0.1) is 11.7 Å². The maximum absolute atomic E-state index is 6.39. The molecule has 0 aromatic heterocycles. The van der Waals surface area contributed by atoms with Crippen molar-refractivity contribution in [2.24, 2.45) is 5.92 Å². The van der Waals surface area contributed by atoms with Crippen molar-refractivity contribution in [1.82, 2.24) is 5.32 Å². The fraction of sp³-hybridized carbons (Fsp3) is 0.625. The van der Waals surface area contributed by atoms with E-state index in [4.69, 9.17) is 4.74 Å². The second kappa shape index (κ2) is 5.02. The number of nitrogens with one attached hydrogen (secondary N) is 1. The van der Waals surface area contributed by atoms with Crippen molar-refractivity contribution in [3.63, 3.8) is 0 Å². The summed E-state index contributed by atoms with van der Waals surface area (Å²) in [7, 11) is 0. The normalized spacial score (nSPS) is 28.7. The SMILES string of the molecule is Cc1ccc(C)c(C2CNCC(C)(C(C)C)O2)c1. The van der Waals surface area contributed by atoms with Crippen LogP contribution >= 0.6 is 0 Å². The van der Waals surface area contributed by atoms with Gasteiger partial charge in [-0.3, -0.25) is 0 Å². The van der Waals surface area contributed by atoms with Crippen LogP contribution in [-0.4, -0.2) is 18.7 Å². The predicted octanol–water partition coefficient (Wildman–Crippen LogP) is 3.38. The molecule has 0 radical (unpaired) electrons. The van der Waals surface area contributed by atoms with Gasteiger partial charge in [0.25, 0.3) is 0 Å². The molecule has 0 amide bonds. The summed E-state index contributed by atoms with van der Waals surface area (Å²) in [6.45, 7) is 12.8. The zero-order valence-corrected chi connectivity index (χ0v) is 12.2. The van der Waals surface area contributed by atoms with Crippen molar-refractivity contribution in [2.45, 2.75) is 46.3 Å². The second-order valence-electron chi connectivity index (χ2n) is 6.06. The van der Waals surface area contributed by atoms with Crippen LogP contribution in [0.4, 0.5) is 0 Å². The van der Waals surface area contributed by atoms with Gasteiger partial charge >= 0.3 is 0 Å². The van der Waals surface area contributed by atoms with Crippen molar-refractivity contribution in [3.05, 3.63) is 34.9 Å². The lowest BCUT2D eigenvalue weighted by atomic mass is 9.89. The van der Waals surface area contributed by atoms with Gasteiger partial charge in [0.2, 0.25) is 0 Å². The summed E-state index contributed by atoms with van der Waals surface area (Å²) < 4.78 is 6.39. The first-order valence-electron chi connectivity index (χ1n) is 6.88. The van der Waals surface area contributed by atoms with E-state index in [-0.39, 0.29) is 11.7 Å². The molecule has 2 rings (SSSR count). The molecule has 0 bridgehead atoms. The molecule has 2 unspecified atom stereocenters. The topological polar surface area (TPSA) is 21.3 Å². The van der Waals surface area contributed by atoms with E-state index in [1.165, 1.54) is 16.7 Å². The summed E-state index contributed by atoms with van der Waals surface area (Å²) in [5, 5.41) is 3.53. The van der Waals surface area contributed by atoms with Gasteiger partial charge in [-0.25, -0.2) is 0 Å². The number of aryl methyl sites for hydroxylation is 2. The highest BCUT2D eigenvalue weighted by Gasteiger charge is 2.36. The Morgan fingerprint density at radius 3 is 2.72 bits per heavy atom. The van der Waals surface area contributed by atoms with E-state index < -0.39 is 0 Å². The average molecular weight is 247 g/mol. The van der Waals surface area contributed by atoms with Crippen LogP contribution in [0.1, 0.15) is 43.6 Å². The molecule has 1 fully saturated rings. The van der Waals surface area contributed by atoms with E-state index in [0.29, 0.717) is 5.92 Å². The van der Waals surface area contributed by atoms with Gasteiger partial charge in [-0.1, -0.05) is 37.6 Å². The fourth-order valence-electron chi connectivity index (χ4n) is 2.48. The van der Waals surface area contributed by atoms with Crippen molar-refractivity contribution in [1.29, 1.82) is 0 Å². The minimum absolute atomic E-state index is 0.0703. The average Bonchev–Trinajstić information content (AvgIpc) is 2.32. The summed E-state index contributed by atoms with van der Waals surface area (Å²) in [5.41, 5.74) is 3.88.